The number of carbonyl (C=O) groups is 2. The Bertz CT molecular complexity index is 296. The van der Waals surface area contributed by atoms with Crippen molar-refractivity contribution in [3.8, 4) is 0 Å². The smallest absolute Gasteiger partial charge is 0.328 e. The summed E-state index contributed by atoms with van der Waals surface area (Å²) in [6.45, 7) is 1.35. The van der Waals surface area contributed by atoms with Gasteiger partial charge in [0.05, 0.1) is 0 Å². The van der Waals surface area contributed by atoms with Crippen LogP contribution in [-0.2, 0) is 9.59 Å². The van der Waals surface area contributed by atoms with Crippen LogP contribution in [0.25, 0.3) is 0 Å². The lowest BCUT2D eigenvalue weighted by atomic mass is 10.2. The summed E-state index contributed by atoms with van der Waals surface area (Å²) in [7, 11) is 2.06. The molecule has 96 valence electrons. The predicted octanol–water partition coefficient (Wildman–Crippen LogP) is 0.618. The first kappa shape index (κ1) is 13.7. The molecule has 1 fully saturated rings. The van der Waals surface area contributed by atoms with Crippen molar-refractivity contribution in [1.82, 2.24) is 10.2 Å². The number of carboxylic acid groups (broad SMARTS) is 1. The van der Waals surface area contributed by atoms with Gasteiger partial charge in [0, 0.05) is 31.3 Å². The molecule has 0 aromatic rings. The molecule has 1 aliphatic rings. The molecule has 0 saturated heterocycles. The monoisotopic (exact) mass is 240 g/mol. The van der Waals surface area contributed by atoms with Gasteiger partial charge in [-0.1, -0.05) is 12.8 Å². The van der Waals surface area contributed by atoms with E-state index in [9.17, 15) is 9.59 Å². The molecule has 0 bridgehead atoms. The van der Waals surface area contributed by atoms with E-state index in [4.69, 9.17) is 5.11 Å². The highest BCUT2D eigenvalue weighted by atomic mass is 16.4. The highest BCUT2D eigenvalue weighted by Gasteiger charge is 2.18. The zero-order chi connectivity index (χ0) is 12.7. The predicted molar refractivity (Wildman–Crippen MR) is 64.7 cm³/mol. The average Bonchev–Trinajstić information content (AvgIpc) is 2.79. The summed E-state index contributed by atoms with van der Waals surface area (Å²) in [4.78, 5) is 23.6. The number of aliphatic carboxylic acids is 1. The minimum atomic E-state index is -1.11. The molecule has 0 aromatic carbocycles. The quantitative estimate of drug-likeness (QED) is 0.668. The second kappa shape index (κ2) is 7.06. The zero-order valence-corrected chi connectivity index (χ0v) is 10.2. The van der Waals surface area contributed by atoms with Gasteiger partial charge in [-0.25, -0.2) is 4.79 Å². The number of rotatable bonds is 6. The van der Waals surface area contributed by atoms with Gasteiger partial charge in [-0.15, -0.1) is 0 Å². The van der Waals surface area contributed by atoms with Gasteiger partial charge in [0.25, 0.3) is 0 Å². The maximum Gasteiger partial charge on any atom is 0.328 e. The van der Waals surface area contributed by atoms with E-state index < -0.39 is 5.97 Å². The Morgan fingerprint density at radius 3 is 2.59 bits per heavy atom. The standard InChI is InChI=1S/C12H20N2O3/c1-14(10-4-2-3-5-10)9-8-13-11(15)6-7-12(16)17/h6-7,10H,2-5,8-9H2,1H3,(H,13,15)(H,16,17). The molecule has 1 rings (SSSR count). The van der Waals surface area contributed by atoms with Crippen molar-refractivity contribution in [3.05, 3.63) is 12.2 Å². The molecule has 5 nitrogen and oxygen atoms in total. The number of amides is 1. The van der Waals surface area contributed by atoms with Crippen molar-refractivity contribution in [2.45, 2.75) is 31.7 Å². The van der Waals surface area contributed by atoms with Crippen LogP contribution in [0.1, 0.15) is 25.7 Å². The summed E-state index contributed by atoms with van der Waals surface area (Å²) in [6.07, 6.45) is 6.95. The first-order chi connectivity index (χ1) is 8.09. The summed E-state index contributed by atoms with van der Waals surface area (Å²) >= 11 is 0. The summed E-state index contributed by atoms with van der Waals surface area (Å²) in [5, 5.41) is 11.0. The Morgan fingerprint density at radius 2 is 2.00 bits per heavy atom. The third-order valence-corrected chi connectivity index (χ3v) is 3.09. The number of hydrogen-bond donors (Lipinski definition) is 2. The summed E-state index contributed by atoms with van der Waals surface area (Å²) < 4.78 is 0. The third-order valence-electron chi connectivity index (χ3n) is 3.09. The van der Waals surface area contributed by atoms with Gasteiger partial charge < -0.3 is 15.3 Å². The Morgan fingerprint density at radius 1 is 1.35 bits per heavy atom. The molecule has 1 amide bonds. The van der Waals surface area contributed by atoms with Crippen molar-refractivity contribution in [2.75, 3.05) is 20.1 Å². The fraction of sp³-hybridized carbons (Fsp3) is 0.667. The summed E-state index contributed by atoms with van der Waals surface area (Å²) in [5.41, 5.74) is 0. The molecular formula is C12H20N2O3. The number of hydrogen-bond acceptors (Lipinski definition) is 3. The Balaban J connectivity index is 2.14. The van der Waals surface area contributed by atoms with E-state index in [1.54, 1.807) is 0 Å². The molecule has 2 N–H and O–H groups in total. The van der Waals surface area contributed by atoms with Crippen molar-refractivity contribution in [3.63, 3.8) is 0 Å². The van der Waals surface area contributed by atoms with Gasteiger partial charge in [0.1, 0.15) is 0 Å². The van der Waals surface area contributed by atoms with E-state index in [2.05, 4.69) is 17.3 Å². The molecular weight excluding hydrogens is 220 g/mol. The van der Waals surface area contributed by atoms with E-state index >= 15 is 0 Å². The molecule has 1 aliphatic carbocycles. The fourth-order valence-corrected chi connectivity index (χ4v) is 2.09. The van der Waals surface area contributed by atoms with Crippen molar-refractivity contribution < 1.29 is 14.7 Å². The summed E-state index contributed by atoms with van der Waals surface area (Å²) in [5.74, 6) is -1.46. The van der Waals surface area contributed by atoms with Gasteiger partial charge in [-0.3, -0.25) is 4.79 Å². The van der Waals surface area contributed by atoms with Crippen LogP contribution in [0.2, 0.25) is 0 Å². The Labute approximate surface area is 101 Å². The largest absolute Gasteiger partial charge is 0.478 e. The Kier molecular flexibility index (Phi) is 5.69. The highest BCUT2D eigenvalue weighted by Crippen LogP contribution is 2.21. The lowest BCUT2D eigenvalue weighted by molar-refractivity contribution is -0.131. The fourth-order valence-electron chi connectivity index (χ4n) is 2.09. The lowest BCUT2D eigenvalue weighted by Crippen LogP contribution is -2.36. The van der Waals surface area contributed by atoms with Crippen LogP contribution in [0.4, 0.5) is 0 Å². The second-order valence-corrected chi connectivity index (χ2v) is 4.38. The van der Waals surface area contributed by atoms with E-state index in [-0.39, 0.29) is 5.91 Å². The van der Waals surface area contributed by atoms with Gasteiger partial charge in [-0.05, 0) is 19.9 Å². The molecule has 17 heavy (non-hydrogen) atoms. The minimum absolute atomic E-state index is 0.354. The molecule has 0 atom stereocenters. The number of likely N-dealkylation sites (N-methyl/N-ethyl adjacent to an activating group) is 1. The number of carboxylic acids is 1. The van der Waals surface area contributed by atoms with Crippen molar-refractivity contribution in [2.24, 2.45) is 0 Å². The molecule has 0 aliphatic heterocycles. The van der Waals surface area contributed by atoms with Gasteiger partial charge >= 0.3 is 5.97 Å². The maximum atomic E-state index is 11.2. The lowest BCUT2D eigenvalue weighted by Gasteiger charge is -2.23. The SMILES string of the molecule is CN(CCNC(=O)C=CC(=O)O)C1CCCC1. The van der Waals surface area contributed by atoms with Crippen molar-refractivity contribution in [1.29, 1.82) is 0 Å². The summed E-state index contributed by atoms with van der Waals surface area (Å²) in [6, 6.07) is 0.640. The average molecular weight is 240 g/mol. The van der Waals surface area contributed by atoms with E-state index in [1.807, 2.05) is 0 Å². The van der Waals surface area contributed by atoms with E-state index in [1.165, 1.54) is 25.7 Å². The third kappa shape index (κ3) is 5.49. The van der Waals surface area contributed by atoms with Gasteiger partial charge in [-0.2, -0.15) is 0 Å². The maximum absolute atomic E-state index is 11.2. The normalized spacial score (nSPS) is 16.8. The molecule has 1 saturated carbocycles. The van der Waals surface area contributed by atoms with E-state index in [0.29, 0.717) is 12.6 Å². The number of carbonyl (C=O) groups excluding carboxylic acids is 1. The molecule has 0 radical (unpaired) electrons. The molecule has 0 heterocycles. The molecule has 5 heteroatoms. The van der Waals surface area contributed by atoms with Crippen LogP contribution < -0.4 is 5.32 Å². The van der Waals surface area contributed by atoms with Crippen LogP contribution >= 0.6 is 0 Å². The van der Waals surface area contributed by atoms with Crippen LogP contribution in [0.15, 0.2) is 12.2 Å². The second-order valence-electron chi connectivity index (χ2n) is 4.38. The first-order valence-corrected chi connectivity index (χ1v) is 5.98. The first-order valence-electron chi connectivity index (χ1n) is 5.98. The van der Waals surface area contributed by atoms with Crippen LogP contribution in [0.3, 0.4) is 0 Å². The highest BCUT2D eigenvalue weighted by molar-refractivity contribution is 5.93. The van der Waals surface area contributed by atoms with Gasteiger partial charge in [0.2, 0.25) is 5.91 Å². The molecule has 0 aromatic heterocycles. The molecule has 0 spiro atoms. The van der Waals surface area contributed by atoms with Crippen LogP contribution in [0.5, 0.6) is 0 Å². The zero-order valence-electron chi connectivity index (χ0n) is 10.2. The Hall–Kier alpha value is -1.36. The van der Waals surface area contributed by atoms with E-state index in [0.717, 1.165) is 18.7 Å². The number of nitrogens with one attached hydrogen (secondary N) is 1. The molecule has 0 unspecified atom stereocenters. The van der Waals surface area contributed by atoms with Gasteiger partial charge in [0.15, 0.2) is 0 Å². The topological polar surface area (TPSA) is 69.6 Å². The number of nitrogens with zero attached hydrogens (tertiary/aromatic N) is 1. The van der Waals surface area contributed by atoms with Crippen LogP contribution in [-0.4, -0.2) is 48.1 Å². The minimum Gasteiger partial charge on any atom is -0.478 e. The van der Waals surface area contributed by atoms with Crippen molar-refractivity contribution >= 4 is 11.9 Å². The van der Waals surface area contributed by atoms with Crippen LogP contribution in [0, 0.1) is 0 Å².